The van der Waals surface area contributed by atoms with Gasteiger partial charge in [-0.2, -0.15) is 0 Å². The number of rotatable bonds is 8. The summed E-state index contributed by atoms with van der Waals surface area (Å²) in [6.07, 6.45) is -0.227. The molecule has 4 N–H and O–H groups in total. The summed E-state index contributed by atoms with van der Waals surface area (Å²) in [6, 6.07) is 9.68. The number of amides is 1. The molecular weight excluding hydrogens is 414 g/mol. The minimum Gasteiger partial charge on any atom is -0.388 e. The summed E-state index contributed by atoms with van der Waals surface area (Å²) in [5.41, 5.74) is 2.25. The van der Waals surface area contributed by atoms with E-state index >= 15 is 0 Å². The highest BCUT2D eigenvalue weighted by Crippen LogP contribution is 2.38. The van der Waals surface area contributed by atoms with Gasteiger partial charge in [-0.15, -0.1) is 0 Å². The average molecular weight is 441 g/mol. The van der Waals surface area contributed by atoms with Crippen LogP contribution in [0, 0.1) is 0 Å². The summed E-state index contributed by atoms with van der Waals surface area (Å²) in [5.74, 6) is 0.288. The van der Waals surface area contributed by atoms with E-state index in [1.54, 1.807) is 18.6 Å². The standard InChI is InChI=1S/C22H27N5O5/c1-13-18(29)19(30)22(32-13)27-11-15(14-6-4-3-5-7-14)17-20(25-12-26-21(17)27)24-10-16(28)23-8-9-31-2/h3-7,11-13,18-19,22,29-30H,8-10H2,1-2H3,(H,23,28)(H,24,25,26)/t13-,18-,19-,22-/m1/s1. The van der Waals surface area contributed by atoms with Gasteiger partial charge in [-0.25, -0.2) is 9.97 Å². The molecule has 0 aliphatic carbocycles. The fourth-order valence-corrected chi connectivity index (χ4v) is 3.83. The number of anilines is 1. The highest BCUT2D eigenvalue weighted by molar-refractivity contribution is 6.02. The molecule has 0 saturated carbocycles. The number of hydrogen-bond donors (Lipinski definition) is 4. The zero-order valence-electron chi connectivity index (χ0n) is 17.9. The molecule has 1 amide bonds. The molecule has 0 radical (unpaired) electrons. The van der Waals surface area contributed by atoms with E-state index in [2.05, 4.69) is 20.6 Å². The van der Waals surface area contributed by atoms with E-state index in [1.807, 2.05) is 36.5 Å². The molecule has 4 rings (SSSR count). The van der Waals surface area contributed by atoms with Crippen LogP contribution in [0.3, 0.4) is 0 Å². The van der Waals surface area contributed by atoms with Crippen molar-refractivity contribution in [1.29, 1.82) is 0 Å². The lowest BCUT2D eigenvalue weighted by atomic mass is 10.1. The zero-order chi connectivity index (χ0) is 22.7. The van der Waals surface area contributed by atoms with Gasteiger partial charge in [0.2, 0.25) is 5.91 Å². The molecule has 2 aromatic heterocycles. The van der Waals surface area contributed by atoms with E-state index in [4.69, 9.17) is 9.47 Å². The van der Waals surface area contributed by atoms with Crippen molar-refractivity contribution in [2.45, 2.75) is 31.5 Å². The quantitative estimate of drug-likeness (QED) is 0.380. The van der Waals surface area contributed by atoms with E-state index in [0.717, 1.165) is 11.1 Å². The van der Waals surface area contributed by atoms with Crippen LogP contribution in [0.1, 0.15) is 13.2 Å². The number of benzene rings is 1. The smallest absolute Gasteiger partial charge is 0.239 e. The number of carbonyl (C=O) groups is 1. The van der Waals surface area contributed by atoms with Crippen LogP contribution in [0.25, 0.3) is 22.2 Å². The number of ether oxygens (including phenoxy) is 2. The number of methoxy groups -OCH3 is 1. The van der Waals surface area contributed by atoms with Crippen molar-refractivity contribution >= 4 is 22.8 Å². The molecule has 1 aliphatic heterocycles. The summed E-state index contributed by atoms with van der Waals surface area (Å²) >= 11 is 0. The molecule has 0 spiro atoms. The molecule has 10 nitrogen and oxygen atoms in total. The summed E-state index contributed by atoms with van der Waals surface area (Å²) in [6.45, 7) is 2.58. The average Bonchev–Trinajstić information content (AvgIpc) is 3.32. The third-order valence-corrected chi connectivity index (χ3v) is 5.49. The maximum Gasteiger partial charge on any atom is 0.239 e. The second-order valence-electron chi connectivity index (χ2n) is 7.65. The maximum absolute atomic E-state index is 12.2. The lowest BCUT2D eigenvalue weighted by molar-refractivity contribution is -0.119. The predicted molar refractivity (Wildman–Crippen MR) is 118 cm³/mol. The second-order valence-corrected chi connectivity index (χ2v) is 7.65. The summed E-state index contributed by atoms with van der Waals surface area (Å²) in [5, 5.41) is 27.3. The molecule has 170 valence electrons. The number of nitrogens with zero attached hydrogens (tertiary/aromatic N) is 3. The minimum absolute atomic E-state index is 0.0214. The Morgan fingerprint density at radius 2 is 2.00 bits per heavy atom. The number of fused-ring (bicyclic) bond motifs is 1. The highest BCUT2D eigenvalue weighted by atomic mass is 16.6. The van der Waals surface area contributed by atoms with Gasteiger partial charge in [0.25, 0.3) is 0 Å². The van der Waals surface area contributed by atoms with Gasteiger partial charge in [0.15, 0.2) is 6.23 Å². The zero-order valence-corrected chi connectivity index (χ0v) is 17.9. The third kappa shape index (κ3) is 4.30. The third-order valence-electron chi connectivity index (χ3n) is 5.49. The molecular formula is C22H27N5O5. The lowest BCUT2D eigenvalue weighted by Gasteiger charge is -2.17. The van der Waals surface area contributed by atoms with Crippen LogP contribution >= 0.6 is 0 Å². The molecule has 1 aliphatic rings. The van der Waals surface area contributed by atoms with Crippen molar-refractivity contribution in [3.8, 4) is 11.1 Å². The van der Waals surface area contributed by atoms with Gasteiger partial charge in [-0.1, -0.05) is 30.3 Å². The number of hydrogen-bond acceptors (Lipinski definition) is 8. The van der Waals surface area contributed by atoms with Crippen molar-refractivity contribution in [1.82, 2.24) is 19.9 Å². The fraction of sp³-hybridized carbons (Fsp3) is 0.409. The molecule has 1 aromatic carbocycles. The van der Waals surface area contributed by atoms with E-state index in [9.17, 15) is 15.0 Å². The Morgan fingerprint density at radius 3 is 2.69 bits per heavy atom. The van der Waals surface area contributed by atoms with Crippen LogP contribution in [0.4, 0.5) is 5.82 Å². The molecule has 1 fully saturated rings. The topological polar surface area (TPSA) is 131 Å². The molecule has 0 unspecified atom stereocenters. The van der Waals surface area contributed by atoms with Crippen LogP contribution in [0.15, 0.2) is 42.9 Å². The Morgan fingerprint density at radius 1 is 1.22 bits per heavy atom. The van der Waals surface area contributed by atoms with Crippen LogP contribution < -0.4 is 10.6 Å². The number of aliphatic hydroxyl groups excluding tert-OH is 2. The largest absolute Gasteiger partial charge is 0.388 e. The Bertz CT molecular complexity index is 1070. The first-order valence-corrected chi connectivity index (χ1v) is 10.4. The summed E-state index contributed by atoms with van der Waals surface area (Å²) in [7, 11) is 1.57. The van der Waals surface area contributed by atoms with Crippen LogP contribution in [-0.4, -0.2) is 75.8 Å². The molecule has 10 heteroatoms. The number of aliphatic hydroxyl groups is 2. The van der Waals surface area contributed by atoms with E-state index < -0.39 is 24.5 Å². The van der Waals surface area contributed by atoms with Crippen molar-refractivity contribution < 1.29 is 24.5 Å². The van der Waals surface area contributed by atoms with Crippen LogP contribution in [-0.2, 0) is 14.3 Å². The predicted octanol–water partition coefficient (Wildman–Crippen LogP) is 0.912. The number of aromatic nitrogens is 3. The monoisotopic (exact) mass is 441 g/mol. The summed E-state index contributed by atoms with van der Waals surface area (Å²) < 4.78 is 12.5. The molecule has 1 saturated heterocycles. The number of carbonyl (C=O) groups excluding carboxylic acids is 1. The normalized spacial score (nSPS) is 22.9. The second kappa shape index (κ2) is 9.61. The fourth-order valence-electron chi connectivity index (χ4n) is 3.83. The Hall–Kier alpha value is -3.05. The first-order chi connectivity index (χ1) is 15.5. The Balaban J connectivity index is 1.73. The molecule has 3 aromatic rings. The van der Waals surface area contributed by atoms with Gasteiger partial charge in [-0.05, 0) is 12.5 Å². The van der Waals surface area contributed by atoms with E-state index in [-0.39, 0.29) is 12.5 Å². The Kier molecular flexibility index (Phi) is 6.66. The van der Waals surface area contributed by atoms with Crippen molar-refractivity contribution in [2.24, 2.45) is 0 Å². The van der Waals surface area contributed by atoms with Gasteiger partial charge in [0.05, 0.1) is 24.6 Å². The molecule has 4 atom stereocenters. The lowest BCUT2D eigenvalue weighted by Crippen LogP contribution is -2.32. The maximum atomic E-state index is 12.2. The first-order valence-electron chi connectivity index (χ1n) is 10.4. The van der Waals surface area contributed by atoms with Gasteiger partial charge in [-0.3, -0.25) is 4.79 Å². The van der Waals surface area contributed by atoms with Gasteiger partial charge >= 0.3 is 0 Å². The van der Waals surface area contributed by atoms with Gasteiger partial charge < -0.3 is 34.9 Å². The van der Waals surface area contributed by atoms with E-state index in [0.29, 0.717) is 30.0 Å². The summed E-state index contributed by atoms with van der Waals surface area (Å²) in [4.78, 5) is 20.9. The van der Waals surface area contributed by atoms with Crippen LogP contribution in [0.5, 0.6) is 0 Å². The number of nitrogens with one attached hydrogen (secondary N) is 2. The first kappa shape index (κ1) is 22.2. The van der Waals surface area contributed by atoms with Crippen molar-refractivity contribution in [3.05, 3.63) is 42.9 Å². The van der Waals surface area contributed by atoms with Crippen molar-refractivity contribution in [3.63, 3.8) is 0 Å². The highest BCUT2D eigenvalue weighted by Gasteiger charge is 2.42. The SMILES string of the molecule is COCCNC(=O)CNc1ncnc2c1c(-c1ccccc1)cn2[C@@H]1O[C@H](C)[C@@H](O)[C@H]1O. The molecule has 0 bridgehead atoms. The minimum atomic E-state index is -1.11. The van der Waals surface area contributed by atoms with Crippen molar-refractivity contribution in [2.75, 3.05) is 32.1 Å². The molecule has 3 heterocycles. The van der Waals surface area contributed by atoms with Gasteiger partial charge in [0.1, 0.15) is 30.0 Å². The van der Waals surface area contributed by atoms with E-state index in [1.165, 1.54) is 6.33 Å². The van der Waals surface area contributed by atoms with Crippen LogP contribution in [0.2, 0.25) is 0 Å². The molecule has 32 heavy (non-hydrogen) atoms. The van der Waals surface area contributed by atoms with Gasteiger partial charge in [0, 0.05) is 25.4 Å². The Labute approximate surface area is 185 Å².